The zero-order valence-electron chi connectivity index (χ0n) is 9.18. The molecule has 1 N–H and O–H groups in total. The molecule has 0 spiro atoms. The largest absolute Gasteiger partial charge is 0.501 e. The number of halogens is 2. The van der Waals surface area contributed by atoms with Gasteiger partial charge in [0, 0.05) is 29.8 Å². The molecule has 0 aliphatic rings. The van der Waals surface area contributed by atoms with Crippen LogP contribution in [-0.2, 0) is 13.6 Å². The van der Waals surface area contributed by atoms with E-state index in [1.807, 2.05) is 0 Å². The van der Waals surface area contributed by atoms with Gasteiger partial charge in [-0.25, -0.2) is 0 Å². The van der Waals surface area contributed by atoms with Crippen molar-refractivity contribution in [2.45, 2.75) is 0 Å². The van der Waals surface area contributed by atoms with Crippen molar-refractivity contribution in [3.63, 3.8) is 0 Å². The second-order valence-electron chi connectivity index (χ2n) is 3.00. The molecule has 1 aromatic rings. The second kappa shape index (κ2) is 5.89. The molecule has 0 heterocycles. The van der Waals surface area contributed by atoms with Crippen molar-refractivity contribution in [3.8, 4) is 0 Å². The molecule has 0 aromatic heterocycles. The highest BCUT2D eigenvalue weighted by Gasteiger charge is 2.27. The maximum Gasteiger partial charge on any atom is 0.394 e. The summed E-state index contributed by atoms with van der Waals surface area (Å²) in [6.07, 6.45) is 1.17. The van der Waals surface area contributed by atoms with Gasteiger partial charge in [-0.15, -0.1) is 0 Å². The van der Waals surface area contributed by atoms with Crippen LogP contribution in [-0.4, -0.2) is 19.3 Å². The molecule has 1 rings (SSSR count). The van der Waals surface area contributed by atoms with Gasteiger partial charge in [0.05, 0.1) is 0 Å². The minimum absolute atomic E-state index is 0.322. The average molecular weight is 297 g/mol. The van der Waals surface area contributed by atoms with Crippen molar-refractivity contribution in [2.75, 3.05) is 14.2 Å². The van der Waals surface area contributed by atoms with E-state index in [9.17, 15) is 9.67 Å². The van der Waals surface area contributed by atoms with E-state index in [4.69, 9.17) is 23.2 Å². The van der Waals surface area contributed by atoms with Gasteiger partial charge < -0.3 is 14.2 Å². The van der Waals surface area contributed by atoms with Gasteiger partial charge in [-0.05, 0) is 18.2 Å². The monoisotopic (exact) mass is 296 g/mol. The molecule has 7 heteroatoms. The molecular weight excluding hydrogens is 286 g/mol. The van der Waals surface area contributed by atoms with E-state index in [-0.39, 0.29) is 0 Å². The molecule has 1 aromatic carbocycles. The van der Waals surface area contributed by atoms with Crippen LogP contribution in [0.15, 0.2) is 23.7 Å². The van der Waals surface area contributed by atoms with E-state index in [1.54, 1.807) is 18.2 Å². The molecule has 0 bridgehead atoms. The number of hydrogen-bond acceptors (Lipinski definition) is 4. The predicted molar refractivity (Wildman–Crippen MR) is 68.7 cm³/mol. The van der Waals surface area contributed by atoms with Crippen LogP contribution in [0.3, 0.4) is 0 Å². The highest BCUT2D eigenvalue weighted by molar-refractivity contribution is 7.58. The van der Waals surface area contributed by atoms with Gasteiger partial charge in [-0.1, -0.05) is 29.3 Å². The van der Waals surface area contributed by atoms with Crippen molar-refractivity contribution in [1.82, 2.24) is 0 Å². The maximum absolute atomic E-state index is 11.8. The molecule has 94 valence electrons. The van der Waals surface area contributed by atoms with Crippen LogP contribution in [0.5, 0.6) is 0 Å². The molecule has 0 radical (unpaired) electrons. The molecular formula is C10H11Cl2O4P. The summed E-state index contributed by atoms with van der Waals surface area (Å²) in [6.45, 7) is 0. The average Bonchev–Trinajstić information content (AvgIpc) is 2.32. The van der Waals surface area contributed by atoms with Crippen LogP contribution in [0, 0.1) is 0 Å². The molecule has 4 nitrogen and oxygen atoms in total. The summed E-state index contributed by atoms with van der Waals surface area (Å²) in [5, 5.41) is 10.3. The predicted octanol–water partition coefficient (Wildman–Crippen LogP) is 4.34. The van der Waals surface area contributed by atoms with E-state index < -0.39 is 13.1 Å². The van der Waals surface area contributed by atoms with Crippen molar-refractivity contribution < 1.29 is 18.7 Å². The van der Waals surface area contributed by atoms with E-state index in [0.717, 1.165) is 0 Å². The quantitative estimate of drug-likeness (QED) is 0.663. The number of aliphatic hydroxyl groups is 1. The van der Waals surface area contributed by atoms with Crippen molar-refractivity contribution in [2.24, 2.45) is 0 Å². The fourth-order valence-corrected chi connectivity index (χ4v) is 2.44. The molecule has 0 aliphatic carbocycles. The summed E-state index contributed by atoms with van der Waals surface area (Å²) in [5.41, 5.74) is -0.208. The first-order valence-corrected chi connectivity index (χ1v) is 6.81. The standard InChI is InChI=1S/C10H11Cl2O4P/c1-15-17(14,16-2)10(13)6-7-8(11)4-3-5-9(7)12/h3-6,13H,1-2H3/b10-6+. The van der Waals surface area contributed by atoms with Gasteiger partial charge in [0.2, 0.25) is 5.50 Å². The molecule has 0 atom stereocenters. The van der Waals surface area contributed by atoms with Crippen molar-refractivity contribution in [3.05, 3.63) is 39.3 Å². The Morgan fingerprint density at radius 3 is 2.18 bits per heavy atom. The lowest BCUT2D eigenvalue weighted by Crippen LogP contribution is -1.92. The number of benzene rings is 1. The third-order valence-corrected chi connectivity index (χ3v) is 4.35. The van der Waals surface area contributed by atoms with Crippen LogP contribution in [0.1, 0.15) is 5.56 Å². The van der Waals surface area contributed by atoms with Crippen LogP contribution >= 0.6 is 30.8 Å². The van der Waals surface area contributed by atoms with Crippen LogP contribution in [0.2, 0.25) is 10.0 Å². The molecule has 0 unspecified atom stereocenters. The molecule has 0 fully saturated rings. The molecule has 0 amide bonds. The lowest BCUT2D eigenvalue weighted by molar-refractivity contribution is 0.262. The Bertz CT molecular complexity index is 459. The van der Waals surface area contributed by atoms with Crippen LogP contribution < -0.4 is 0 Å². The summed E-state index contributed by atoms with van der Waals surface area (Å²) in [5.74, 6) is 0. The molecule has 0 aliphatic heterocycles. The third-order valence-electron chi connectivity index (χ3n) is 2.03. The summed E-state index contributed by atoms with van der Waals surface area (Å²) in [4.78, 5) is 0. The Labute approximate surface area is 109 Å². The minimum Gasteiger partial charge on any atom is -0.501 e. The summed E-state index contributed by atoms with van der Waals surface area (Å²) < 4.78 is 21.1. The lowest BCUT2D eigenvalue weighted by atomic mass is 10.2. The minimum atomic E-state index is -3.68. The van der Waals surface area contributed by atoms with E-state index in [0.29, 0.717) is 15.6 Å². The van der Waals surface area contributed by atoms with Gasteiger partial charge in [0.25, 0.3) is 0 Å². The first kappa shape index (κ1) is 14.6. The highest BCUT2D eigenvalue weighted by atomic mass is 35.5. The van der Waals surface area contributed by atoms with E-state index in [2.05, 4.69) is 9.05 Å². The normalized spacial score (nSPS) is 12.8. The fourth-order valence-electron chi connectivity index (χ4n) is 1.12. The van der Waals surface area contributed by atoms with Gasteiger partial charge in [0.1, 0.15) is 0 Å². The number of hydrogen-bond donors (Lipinski definition) is 1. The Morgan fingerprint density at radius 1 is 1.29 bits per heavy atom. The summed E-state index contributed by atoms with van der Waals surface area (Å²) in [7, 11) is -1.34. The molecule has 0 saturated carbocycles. The fraction of sp³-hybridized carbons (Fsp3) is 0.200. The SMILES string of the molecule is COP(=O)(OC)/C(O)=C/c1c(Cl)cccc1Cl. The van der Waals surface area contributed by atoms with Gasteiger partial charge >= 0.3 is 7.60 Å². The van der Waals surface area contributed by atoms with Crippen LogP contribution in [0.25, 0.3) is 6.08 Å². The van der Waals surface area contributed by atoms with Gasteiger partial charge in [0.15, 0.2) is 0 Å². The third kappa shape index (κ3) is 3.24. The van der Waals surface area contributed by atoms with Gasteiger partial charge in [-0.2, -0.15) is 0 Å². The van der Waals surface area contributed by atoms with E-state index >= 15 is 0 Å². The first-order valence-electron chi connectivity index (χ1n) is 4.51. The Hall–Kier alpha value is -0.510. The topological polar surface area (TPSA) is 55.8 Å². The highest BCUT2D eigenvalue weighted by Crippen LogP contribution is 2.54. The second-order valence-corrected chi connectivity index (χ2v) is 6.00. The van der Waals surface area contributed by atoms with Crippen molar-refractivity contribution in [1.29, 1.82) is 0 Å². The van der Waals surface area contributed by atoms with E-state index in [1.165, 1.54) is 20.3 Å². The zero-order chi connectivity index (χ0) is 13.1. The maximum atomic E-state index is 11.8. The number of rotatable bonds is 4. The lowest BCUT2D eigenvalue weighted by Gasteiger charge is -2.12. The van der Waals surface area contributed by atoms with Gasteiger partial charge in [-0.3, -0.25) is 4.57 Å². The summed E-state index contributed by atoms with van der Waals surface area (Å²) in [6, 6.07) is 4.85. The summed E-state index contributed by atoms with van der Waals surface area (Å²) >= 11 is 11.8. The molecule has 17 heavy (non-hydrogen) atoms. The Kier molecular flexibility index (Phi) is 5.04. The zero-order valence-corrected chi connectivity index (χ0v) is 11.6. The van der Waals surface area contributed by atoms with Crippen molar-refractivity contribution >= 4 is 36.9 Å². The smallest absolute Gasteiger partial charge is 0.394 e. The molecule has 0 saturated heterocycles. The van der Waals surface area contributed by atoms with Crippen LogP contribution in [0.4, 0.5) is 0 Å². The first-order chi connectivity index (χ1) is 7.94. The Morgan fingerprint density at radius 2 is 1.76 bits per heavy atom. The number of aliphatic hydroxyl groups excluding tert-OH is 1. The Balaban J connectivity index is 3.24.